The fourth-order valence-electron chi connectivity index (χ4n) is 3.82. The smallest absolute Gasteiger partial charge is 0.167 e. The van der Waals surface area contributed by atoms with Crippen LogP contribution in [0.2, 0.25) is 5.02 Å². The summed E-state index contributed by atoms with van der Waals surface area (Å²) >= 11 is 6.26. The molecule has 3 unspecified atom stereocenters. The van der Waals surface area contributed by atoms with Gasteiger partial charge < -0.3 is 25.1 Å². The van der Waals surface area contributed by atoms with Crippen LogP contribution in [0, 0.1) is 0 Å². The summed E-state index contributed by atoms with van der Waals surface area (Å²) in [5, 5.41) is 4.87. The van der Waals surface area contributed by atoms with Crippen LogP contribution in [0.4, 0.5) is 16.0 Å². The number of rotatable bonds is 5. The average Bonchev–Trinajstić information content (AvgIpc) is 3.38. The standard InChI is InChI=1S/C21H20ClFN6O2.C2H6/c1-25-17-5-3-11-2-4-12(7-16(11)28-17)30-9-13-6-15(23)21(31-13)29-8-14(22)18-19(24)26-10-27-20(18)29;1-2/h2-5,7-8,10,13,15,21H,6,9H2,1H3,(H,25,28)(H2,24,26,27);1-2H3. The second-order valence-electron chi connectivity index (χ2n) is 7.35. The lowest BCUT2D eigenvalue weighted by Crippen LogP contribution is -2.19. The van der Waals surface area contributed by atoms with Crippen LogP contribution in [-0.2, 0) is 4.74 Å². The van der Waals surface area contributed by atoms with Crippen molar-refractivity contribution >= 4 is 45.2 Å². The zero-order valence-corrected chi connectivity index (χ0v) is 19.4. The number of pyridine rings is 1. The molecular formula is C23H26ClFN6O2. The van der Waals surface area contributed by atoms with E-state index in [4.69, 9.17) is 26.8 Å². The molecule has 0 radical (unpaired) electrons. The molecule has 3 aromatic heterocycles. The van der Waals surface area contributed by atoms with E-state index in [-0.39, 0.29) is 18.8 Å². The number of ether oxygens (including phenoxy) is 2. The molecule has 0 bridgehead atoms. The van der Waals surface area contributed by atoms with Crippen molar-refractivity contribution in [3.8, 4) is 5.75 Å². The summed E-state index contributed by atoms with van der Waals surface area (Å²) in [5.41, 5.74) is 7.13. The van der Waals surface area contributed by atoms with E-state index in [9.17, 15) is 4.39 Å². The van der Waals surface area contributed by atoms with Crippen molar-refractivity contribution in [2.45, 2.75) is 38.8 Å². The number of anilines is 2. The van der Waals surface area contributed by atoms with Gasteiger partial charge in [-0.25, -0.2) is 19.3 Å². The van der Waals surface area contributed by atoms with E-state index in [2.05, 4.69) is 20.3 Å². The Hall–Kier alpha value is -3.17. The molecule has 4 heterocycles. The van der Waals surface area contributed by atoms with Crippen molar-refractivity contribution in [3.05, 3.63) is 47.9 Å². The van der Waals surface area contributed by atoms with Gasteiger partial charge in [-0.15, -0.1) is 0 Å². The van der Waals surface area contributed by atoms with Gasteiger partial charge in [-0.3, -0.25) is 0 Å². The molecule has 8 nitrogen and oxygen atoms in total. The largest absolute Gasteiger partial charge is 0.491 e. The lowest BCUT2D eigenvalue weighted by atomic mass is 10.2. The Labute approximate surface area is 195 Å². The Kier molecular flexibility index (Phi) is 6.80. The minimum atomic E-state index is -1.24. The molecule has 0 amide bonds. The summed E-state index contributed by atoms with van der Waals surface area (Å²) < 4.78 is 28.2. The fourth-order valence-corrected chi connectivity index (χ4v) is 4.11. The molecule has 1 aromatic carbocycles. The van der Waals surface area contributed by atoms with E-state index in [0.29, 0.717) is 21.8 Å². The van der Waals surface area contributed by atoms with Gasteiger partial charge in [0.1, 0.15) is 42.1 Å². The summed E-state index contributed by atoms with van der Waals surface area (Å²) in [4.78, 5) is 12.7. The van der Waals surface area contributed by atoms with Crippen molar-refractivity contribution in [3.63, 3.8) is 0 Å². The molecule has 1 fully saturated rings. The van der Waals surface area contributed by atoms with Gasteiger partial charge in [0.25, 0.3) is 0 Å². The maximum absolute atomic E-state index is 14.8. The van der Waals surface area contributed by atoms with Gasteiger partial charge in [0, 0.05) is 31.1 Å². The second-order valence-corrected chi connectivity index (χ2v) is 7.76. The maximum Gasteiger partial charge on any atom is 0.167 e. The molecule has 1 aliphatic rings. The van der Waals surface area contributed by atoms with Crippen molar-refractivity contribution < 1.29 is 13.9 Å². The lowest BCUT2D eigenvalue weighted by Gasteiger charge is -2.17. The van der Waals surface area contributed by atoms with Crippen molar-refractivity contribution in [2.75, 3.05) is 24.7 Å². The van der Waals surface area contributed by atoms with E-state index in [1.165, 1.54) is 6.33 Å². The van der Waals surface area contributed by atoms with Crippen LogP contribution < -0.4 is 15.8 Å². The van der Waals surface area contributed by atoms with Crippen LogP contribution >= 0.6 is 11.6 Å². The molecule has 3 atom stereocenters. The summed E-state index contributed by atoms with van der Waals surface area (Å²) in [6, 6.07) is 9.55. The SMILES string of the molecule is CC.CNc1ccc2ccc(OCC3CC(F)C(n4cc(Cl)c5c(N)ncnc54)O3)cc2n1. The Balaban J connectivity index is 0.00000126. The van der Waals surface area contributed by atoms with Gasteiger partial charge in [-0.2, -0.15) is 0 Å². The lowest BCUT2D eigenvalue weighted by molar-refractivity contribution is -0.0310. The number of nitrogens with zero attached hydrogens (tertiary/aromatic N) is 4. The highest BCUT2D eigenvalue weighted by molar-refractivity contribution is 6.36. The molecule has 0 aliphatic carbocycles. The number of nitrogens with one attached hydrogen (secondary N) is 1. The van der Waals surface area contributed by atoms with E-state index >= 15 is 0 Å². The number of benzene rings is 1. The first-order chi connectivity index (χ1) is 16.0. The van der Waals surface area contributed by atoms with E-state index in [1.54, 1.807) is 10.8 Å². The highest BCUT2D eigenvalue weighted by atomic mass is 35.5. The molecule has 0 saturated carbocycles. The predicted molar refractivity (Wildman–Crippen MR) is 129 cm³/mol. The van der Waals surface area contributed by atoms with Crippen molar-refractivity contribution in [1.82, 2.24) is 19.5 Å². The third-order valence-corrected chi connectivity index (χ3v) is 5.64. The summed E-state index contributed by atoms with van der Waals surface area (Å²) in [5.74, 6) is 1.66. The maximum atomic E-state index is 14.8. The van der Waals surface area contributed by atoms with Crippen LogP contribution in [0.1, 0.15) is 26.5 Å². The zero-order valence-electron chi connectivity index (χ0n) is 18.6. The van der Waals surface area contributed by atoms with Crippen molar-refractivity contribution in [1.29, 1.82) is 0 Å². The van der Waals surface area contributed by atoms with Crippen LogP contribution in [0.3, 0.4) is 0 Å². The minimum Gasteiger partial charge on any atom is -0.491 e. The molecule has 10 heteroatoms. The van der Waals surface area contributed by atoms with Gasteiger partial charge in [0.05, 0.1) is 22.0 Å². The minimum absolute atomic E-state index is 0.193. The molecule has 5 rings (SSSR count). The number of halogens is 2. The first-order valence-corrected chi connectivity index (χ1v) is 11.2. The summed E-state index contributed by atoms with van der Waals surface area (Å²) in [7, 11) is 1.82. The number of hydrogen-bond acceptors (Lipinski definition) is 7. The van der Waals surface area contributed by atoms with Crippen LogP contribution in [0.15, 0.2) is 42.9 Å². The number of alkyl halides is 1. The number of fused-ring (bicyclic) bond motifs is 2. The van der Waals surface area contributed by atoms with E-state index in [0.717, 1.165) is 16.7 Å². The summed E-state index contributed by atoms with van der Waals surface area (Å²) in [6.07, 6.45) is 0.551. The van der Waals surface area contributed by atoms with Crippen LogP contribution in [0.5, 0.6) is 5.75 Å². The third kappa shape index (κ3) is 4.51. The first-order valence-electron chi connectivity index (χ1n) is 10.8. The molecular weight excluding hydrogens is 447 g/mol. The molecule has 0 spiro atoms. The Morgan fingerprint density at radius 3 is 2.85 bits per heavy atom. The first kappa shape index (κ1) is 23.0. The number of aromatic nitrogens is 4. The molecule has 4 aromatic rings. The quantitative estimate of drug-likeness (QED) is 0.422. The van der Waals surface area contributed by atoms with E-state index in [1.807, 2.05) is 51.2 Å². The fraction of sp³-hybridized carbons (Fsp3) is 0.348. The molecule has 33 heavy (non-hydrogen) atoms. The zero-order chi connectivity index (χ0) is 23.5. The van der Waals surface area contributed by atoms with Gasteiger partial charge in [0.15, 0.2) is 6.23 Å². The van der Waals surface area contributed by atoms with Gasteiger partial charge in [0.2, 0.25) is 0 Å². The molecule has 1 aliphatic heterocycles. The third-order valence-electron chi connectivity index (χ3n) is 5.35. The van der Waals surface area contributed by atoms with Crippen LogP contribution in [0.25, 0.3) is 21.9 Å². The highest BCUT2D eigenvalue weighted by Crippen LogP contribution is 2.37. The monoisotopic (exact) mass is 472 g/mol. The normalized spacial score (nSPS) is 20.0. The van der Waals surface area contributed by atoms with Gasteiger partial charge >= 0.3 is 0 Å². The van der Waals surface area contributed by atoms with Gasteiger partial charge in [-0.05, 0) is 24.3 Å². The average molecular weight is 473 g/mol. The molecule has 1 saturated heterocycles. The number of hydrogen-bond donors (Lipinski definition) is 2. The van der Waals surface area contributed by atoms with E-state index < -0.39 is 18.5 Å². The van der Waals surface area contributed by atoms with Crippen LogP contribution in [-0.4, -0.2) is 45.4 Å². The number of nitrogens with two attached hydrogens (primary N) is 1. The predicted octanol–water partition coefficient (Wildman–Crippen LogP) is 4.99. The van der Waals surface area contributed by atoms with Crippen molar-refractivity contribution in [2.24, 2.45) is 0 Å². The van der Waals surface area contributed by atoms with Gasteiger partial charge in [-0.1, -0.05) is 25.4 Å². The topological polar surface area (TPSA) is 100 Å². The Morgan fingerprint density at radius 1 is 1.27 bits per heavy atom. The second kappa shape index (κ2) is 9.76. The summed E-state index contributed by atoms with van der Waals surface area (Å²) in [6.45, 7) is 4.21. The number of nitrogen functional groups attached to an aromatic ring is 1. The molecule has 174 valence electrons. The Morgan fingerprint density at radius 2 is 2.06 bits per heavy atom. The molecule has 3 N–H and O–H groups in total. The Bertz CT molecular complexity index is 1270. The highest BCUT2D eigenvalue weighted by Gasteiger charge is 2.38.